The quantitative estimate of drug-likeness (QED) is 0.672. The van der Waals surface area contributed by atoms with Crippen molar-refractivity contribution in [3.63, 3.8) is 0 Å². The van der Waals surface area contributed by atoms with Crippen LogP contribution in [0.5, 0.6) is 0 Å². The van der Waals surface area contributed by atoms with Crippen LogP contribution in [0.2, 0.25) is 0 Å². The molecule has 29 heavy (non-hydrogen) atoms. The zero-order chi connectivity index (χ0) is 20.8. The summed E-state index contributed by atoms with van der Waals surface area (Å²) in [6, 6.07) is 11.3. The second-order valence-electron chi connectivity index (χ2n) is 6.58. The Hall–Kier alpha value is -3.46. The molecule has 2 heterocycles. The van der Waals surface area contributed by atoms with Gasteiger partial charge in [-0.2, -0.15) is 0 Å². The number of anilines is 3. The van der Waals surface area contributed by atoms with Crippen molar-refractivity contribution in [1.82, 2.24) is 4.98 Å². The normalized spacial score (nSPS) is 13.0. The van der Waals surface area contributed by atoms with Crippen molar-refractivity contribution in [3.05, 3.63) is 54.2 Å². The van der Waals surface area contributed by atoms with Crippen molar-refractivity contribution in [3.8, 4) is 0 Å². The monoisotopic (exact) mass is 410 g/mol. The van der Waals surface area contributed by atoms with Crippen molar-refractivity contribution >= 4 is 49.8 Å². The van der Waals surface area contributed by atoms with Gasteiger partial charge in [0.05, 0.1) is 22.5 Å². The van der Waals surface area contributed by atoms with Gasteiger partial charge in [-0.3, -0.25) is 14.3 Å². The van der Waals surface area contributed by atoms with Gasteiger partial charge in [0.2, 0.25) is 5.91 Å². The Kier molecular flexibility index (Phi) is 4.46. The minimum Gasteiger partial charge on any atom is -0.311 e. The fraction of sp³-hybridized carbons (Fsp3) is 0.150. The maximum atomic E-state index is 13.0. The van der Waals surface area contributed by atoms with Gasteiger partial charge in [0.1, 0.15) is 5.82 Å². The van der Waals surface area contributed by atoms with Crippen molar-refractivity contribution in [2.75, 3.05) is 21.5 Å². The summed E-state index contributed by atoms with van der Waals surface area (Å²) >= 11 is 0. The highest BCUT2D eigenvalue weighted by molar-refractivity contribution is 7.93. The molecular weight excluding hydrogens is 392 g/mol. The molecule has 0 saturated heterocycles. The lowest BCUT2D eigenvalue weighted by atomic mass is 10.1. The lowest BCUT2D eigenvalue weighted by molar-refractivity contribution is -0.114. The van der Waals surface area contributed by atoms with Gasteiger partial charge in [-0.15, -0.1) is 0 Å². The van der Waals surface area contributed by atoms with E-state index in [2.05, 4.69) is 15.0 Å². The van der Waals surface area contributed by atoms with E-state index in [1.165, 1.54) is 31.3 Å². The fourth-order valence-electron chi connectivity index (χ4n) is 3.49. The standard InChI is InChI=1S/C20H18N4O4S/c1-3-24-16-8-9-17(14-5-4-6-15(19(14)16)20(24)26)29(27,28)23-13-7-10-18(21-11-13)22-12(2)25/h4-11,23H,3H2,1-2H3,(H,21,22,25). The molecule has 2 aromatic carbocycles. The summed E-state index contributed by atoms with van der Waals surface area (Å²) in [5, 5.41) is 3.65. The molecule has 148 valence electrons. The van der Waals surface area contributed by atoms with E-state index in [-0.39, 0.29) is 22.4 Å². The van der Waals surface area contributed by atoms with Gasteiger partial charge in [-0.1, -0.05) is 12.1 Å². The Morgan fingerprint density at radius 3 is 2.59 bits per heavy atom. The Balaban J connectivity index is 1.74. The number of carbonyl (C=O) groups is 2. The van der Waals surface area contributed by atoms with Crippen molar-refractivity contribution in [1.29, 1.82) is 0 Å². The molecule has 0 saturated carbocycles. The zero-order valence-corrected chi connectivity index (χ0v) is 16.6. The van der Waals surface area contributed by atoms with E-state index in [9.17, 15) is 18.0 Å². The topological polar surface area (TPSA) is 108 Å². The third-order valence-electron chi connectivity index (χ3n) is 4.67. The van der Waals surface area contributed by atoms with E-state index >= 15 is 0 Å². The molecule has 1 aliphatic rings. The summed E-state index contributed by atoms with van der Waals surface area (Å²) in [7, 11) is -3.93. The van der Waals surface area contributed by atoms with Crippen LogP contribution in [0.3, 0.4) is 0 Å². The average Bonchev–Trinajstić information content (AvgIpc) is 2.96. The molecule has 1 aliphatic heterocycles. The number of carbonyl (C=O) groups excluding carboxylic acids is 2. The van der Waals surface area contributed by atoms with Gasteiger partial charge >= 0.3 is 0 Å². The van der Waals surface area contributed by atoms with Gasteiger partial charge in [-0.25, -0.2) is 13.4 Å². The lowest BCUT2D eigenvalue weighted by Crippen LogP contribution is -2.25. The van der Waals surface area contributed by atoms with Crippen LogP contribution in [0.4, 0.5) is 17.2 Å². The van der Waals surface area contributed by atoms with Crippen molar-refractivity contribution < 1.29 is 18.0 Å². The number of amides is 2. The van der Waals surface area contributed by atoms with Crippen LogP contribution in [0.1, 0.15) is 24.2 Å². The minimum atomic E-state index is -3.93. The van der Waals surface area contributed by atoms with Gasteiger partial charge < -0.3 is 10.2 Å². The van der Waals surface area contributed by atoms with Gasteiger partial charge in [-0.05, 0) is 37.3 Å². The Labute approximate surface area is 167 Å². The first-order chi connectivity index (χ1) is 13.8. The first kappa shape index (κ1) is 18.9. The number of benzene rings is 2. The molecular formula is C20H18N4O4S. The largest absolute Gasteiger partial charge is 0.311 e. The number of rotatable bonds is 5. The third-order valence-corrected chi connectivity index (χ3v) is 6.11. The van der Waals surface area contributed by atoms with E-state index in [1.807, 2.05) is 6.92 Å². The SMILES string of the molecule is CCN1C(=O)c2cccc3c(S(=O)(=O)Nc4ccc(NC(C)=O)nc4)ccc1c23. The van der Waals surface area contributed by atoms with E-state index in [0.29, 0.717) is 34.4 Å². The molecule has 8 nitrogen and oxygen atoms in total. The first-order valence-electron chi connectivity index (χ1n) is 8.96. The number of hydrogen-bond acceptors (Lipinski definition) is 5. The summed E-state index contributed by atoms with van der Waals surface area (Å²) in [6.45, 7) is 3.73. The molecule has 9 heteroatoms. The van der Waals surface area contributed by atoms with Gasteiger partial charge in [0.25, 0.3) is 15.9 Å². The molecule has 0 fully saturated rings. The maximum Gasteiger partial charge on any atom is 0.262 e. The highest BCUT2D eigenvalue weighted by Gasteiger charge is 2.31. The van der Waals surface area contributed by atoms with E-state index in [1.54, 1.807) is 29.2 Å². The average molecular weight is 410 g/mol. The fourth-order valence-corrected chi connectivity index (χ4v) is 4.73. The van der Waals surface area contributed by atoms with Crippen molar-refractivity contribution in [2.24, 2.45) is 0 Å². The van der Waals surface area contributed by atoms with Crippen LogP contribution >= 0.6 is 0 Å². The molecule has 3 aromatic rings. The molecule has 1 aromatic heterocycles. The summed E-state index contributed by atoms with van der Waals surface area (Å²) in [5.74, 6) is -0.0771. The van der Waals surface area contributed by atoms with Gasteiger partial charge in [0.15, 0.2) is 0 Å². The predicted molar refractivity (Wildman–Crippen MR) is 111 cm³/mol. The van der Waals surface area contributed by atoms with E-state index in [4.69, 9.17) is 0 Å². The highest BCUT2D eigenvalue weighted by Crippen LogP contribution is 2.40. The van der Waals surface area contributed by atoms with Gasteiger partial charge in [0, 0.05) is 29.8 Å². The number of sulfonamides is 1. The van der Waals surface area contributed by atoms with Crippen LogP contribution in [-0.4, -0.2) is 31.8 Å². The Bertz CT molecular complexity index is 1250. The summed E-state index contributed by atoms with van der Waals surface area (Å²) in [5.41, 5.74) is 1.47. The summed E-state index contributed by atoms with van der Waals surface area (Å²) in [6.07, 6.45) is 1.32. The number of nitrogens with zero attached hydrogens (tertiary/aromatic N) is 2. The Morgan fingerprint density at radius 2 is 1.93 bits per heavy atom. The lowest BCUT2D eigenvalue weighted by Gasteiger charge is -2.16. The van der Waals surface area contributed by atoms with E-state index in [0.717, 1.165) is 0 Å². The van der Waals surface area contributed by atoms with Crippen LogP contribution in [-0.2, 0) is 14.8 Å². The smallest absolute Gasteiger partial charge is 0.262 e. The van der Waals surface area contributed by atoms with Crippen LogP contribution in [0, 0.1) is 0 Å². The third kappa shape index (κ3) is 3.19. The number of pyridine rings is 1. The molecule has 0 spiro atoms. The molecule has 4 rings (SSSR count). The maximum absolute atomic E-state index is 13.0. The second kappa shape index (κ2) is 6.85. The molecule has 0 atom stereocenters. The molecule has 0 radical (unpaired) electrons. The number of aromatic nitrogens is 1. The summed E-state index contributed by atoms with van der Waals surface area (Å²) < 4.78 is 28.6. The van der Waals surface area contributed by atoms with Crippen LogP contribution in [0.25, 0.3) is 10.8 Å². The second-order valence-corrected chi connectivity index (χ2v) is 8.23. The number of nitrogens with one attached hydrogen (secondary N) is 2. The van der Waals surface area contributed by atoms with Crippen molar-refractivity contribution in [2.45, 2.75) is 18.7 Å². The molecule has 0 bridgehead atoms. The van der Waals surface area contributed by atoms with Crippen LogP contribution < -0.4 is 14.9 Å². The predicted octanol–water partition coefficient (Wildman–Crippen LogP) is 2.97. The minimum absolute atomic E-state index is 0.0785. The first-order valence-corrected chi connectivity index (χ1v) is 10.4. The van der Waals surface area contributed by atoms with E-state index < -0.39 is 10.0 Å². The molecule has 2 N–H and O–H groups in total. The summed E-state index contributed by atoms with van der Waals surface area (Å²) in [4.78, 5) is 29.4. The van der Waals surface area contributed by atoms with Crippen LogP contribution in [0.15, 0.2) is 53.6 Å². The number of hydrogen-bond donors (Lipinski definition) is 2. The Morgan fingerprint density at radius 1 is 1.14 bits per heavy atom. The highest BCUT2D eigenvalue weighted by atomic mass is 32.2. The molecule has 2 amide bonds. The zero-order valence-electron chi connectivity index (χ0n) is 15.8. The molecule has 0 aliphatic carbocycles. The molecule has 0 unspecified atom stereocenters.